The van der Waals surface area contributed by atoms with Crippen LogP contribution in [0.5, 0.6) is 0 Å². The highest BCUT2D eigenvalue weighted by Crippen LogP contribution is 2.44. The third-order valence-corrected chi connectivity index (χ3v) is 3.49. The van der Waals surface area contributed by atoms with Crippen LogP contribution in [0.25, 0.3) is 0 Å². The third-order valence-electron chi connectivity index (χ3n) is 3.49. The van der Waals surface area contributed by atoms with Crippen LogP contribution in [0.2, 0.25) is 0 Å². The number of aliphatic hydroxyl groups is 1. The van der Waals surface area contributed by atoms with Gasteiger partial charge in [0.05, 0.1) is 5.60 Å². The Morgan fingerprint density at radius 1 is 1.07 bits per heavy atom. The number of hydrogen-bond acceptors (Lipinski definition) is 4. The van der Waals surface area contributed by atoms with Crippen LogP contribution in [0.15, 0.2) is 0 Å². The molecule has 4 nitrogen and oxygen atoms in total. The fraction of sp³-hybridized carbons (Fsp3) is 1.00. The Balaban J connectivity index is 2.17. The standard InChI is InChI=1S/C11H20O4/c1-5-11(6-2)8(12)7-9(15-11)14-10(3,4)13-7/h7-9,12H,5-6H2,1-4H3/t7-,8-,9+/m1/s1. The Morgan fingerprint density at radius 2 is 1.67 bits per heavy atom. The molecule has 0 bridgehead atoms. The number of ether oxygens (including phenoxy) is 3. The Kier molecular flexibility index (Phi) is 2.58. The van der Waals surface area contributed by atoms with E-state index in [1.165, 1.54) is 0 Å². The molecule has 2 saturated heterocycles. The lowest BCUT2D eigenvalue weighted by Gasteiger charge is -2.32. The molecule has 1 N–H and O–H groups in total. The molecule has 88 valence electrons. The average molecular weight is 216 g/mol. The van der Waals surface area contributed by atoms with Crippen LogP contribution in [0, 0.1) is 0 Å². The average Bonchev–Trinajstić information content (AvgIpc) is 2.59. The van der Waals surface area contributed by atoms with E-state index < -0.39 is 23.8 Å². The first kappa shape index (κ1) is 11.3. The Bertz CT molecular complexity index is 247. The molecule has 2 aliphatic rings. The van der Waals surface area contributed by atoms with Gasteiger partial charge >= 0.3 is 0 Å². The minimum absolute atomic E-state index is 0.347. The summed E-state index contributed by atoms with van der Waals surface area (Å²) >= 11 is 0. The van der Waals surface area contributed by atoms with E-state index in [0.717, 1.165) is 12.8 Å². The van der Waals surface area contributed by atoms with E-state index >= 15 is 0 Å². The summed E-state index contributed by atoms with van der Waals surface area (Å²) in [7, 11) is 0. The quantitative estimate of drug-likeness (QED) is 0.758. The Labute approximate surface area is 90.5 Å². The first-order valence-electron chi connectivity index (χ1n) is 5.65. The van der Waals surface area contributed by atoms with Gasteiger partial charge in [0.2, 0.25) is 0 Å². The molecule has 0 aromatic heterocycles. The van der Waals surface area contributed by atoms with E-state index in [-0.39, 0.29) is 6.10 Å². The van der Waals surface area contributed by atoms with Crippen LogP contribution in [0.4, 0.5) is 0 Å². The summed E-state index contributed by atoms with van der Waals surface area (Å²) in [5.41, 5.74) is -0.494. The van der Waals surface area contributed by atoms with Gasteiger partial charge in [-0.1, -0.05) is 13.8 Å². The molecule has 3 atom stereocenters. The molecule has 0 aliphatic carbocycles. The SMILES string of the molecule is CCC1(CC)O[C@@H]2OC(C)(C)O[C@@H]2[C@H]1O. The zero-order chi connectivity index (χ0) is 11.3. The second-order valence-electron chi connectivity index (χ2n) is 4.80. The van der Waals surface area contributed by atoms with E-state index in [1.54, 1.807) is 0 Å². The second kappa shape index (κ2) is 3.42. The van der Waals surface area contributed by atoms with Crippen LogP contribution < -0.4 is 0 Å². The maximum absolute atomic E-state index is 10.2. The highest BCUT2D eigenvalue weighted by atomic mass is 16.8. The Morgan fingerprint density at radius 3 is 2.13 bits per heavy atom. The summed E-state index contributed by atoms with van der Waals surface area (Å²) in [6, 6.07) is 0. The molecular weight excluding hydrogens is 196 g/mol. The molecule has 0 unspecified atom stereocenters. The van der Waals surface area contributed by atoms with E-state index in [4.69, 9.17) is 14.2 Å². The molecule has 2 rings (SSSR count). The maximum atomic E-state index is 10.2. The van der Waals surface area contributed by atoms with Crippen molar-refractivity contribution in [1.82, 2.24) is 0 Å². The van der Waals surface area contributed by atoms with Crippen molar-refractivity contribution in [2.75, 3.05) is 0 Å². The Hall–Kier alpha value is -0.160. The minimum Gasteiger partial charge on any atom is -0.387 e. The summed E-state index contributed by atoms with van der Waals surface area (Å²) in [4.78, 5) is 0. The van der Waals surface area contributed by atoms with Crippen molar-refractivity contribution in [3.63, 3.8) is 0 Å². The molecule has 0 radical (unpaired) electrons. The van der Waals surface area contributed by atoms with Gasteiger partial charge in [0, 0.05) is 0 Å². The van der Waals surface area contributed by atoms with Crippen molar-refractivity contribution in [1.29, 1.82) is 0 Å². The van der Waals surface area contributed by atoms with Crippen molar-refractivity contribution >= 4 is 0 Å². The number of aliphatic hydroxyl groups excluding tert-OH is 1. The topological polar surface area (TPSA) is 47.9 Å². The lowest BCUT2D eigenvalue weighted by molar-refractivity contribution is -0.240. The van der Waals surface area contributed by atoms with Crippen molar-refractivity contribution in [3.05, 3.63) is 0 Å². The van der Waals surface area contributed by atoms with Gasteiger partial charge in [-0.2, -0.15) is 0 Å². The van der Waals surface area contributed by atoms with Crippen LogP contribution in [0.1, 0.15) is 40.5 Å². The number of hydrogen-bond donors (Lipinski definition) is 1. The molecule has 0 spiro atoms. The van der Waals surface area contributed by atoms with Crippen LogP contribution in [0.3, 0.4) is 0 Å². The normalized spacial score (nSPS) is 41.8. The van der Waals surface area contributed by atoms with Gasteiger partial charge in [-0.15, -0.1) is 0 Å². The molecule has 2 heterocycles. The van der Waals surface area contributed by atoms with Crippen molar-refractivity contribution in [2.45, 2.75) is 70.4 Å². The predicted molar refractivity (Wildman–Crippen MR) is 54.2 cm³/mol. The van der Waals surface area contributed by atoms with Crippen LogP contribution >= 0.6 is 0 Å². The summed E-state index contributed by atoms with van der Waals surface area (Å²) in [6.45, 7) is 7.69. The van der Waals surface area contributed by atoms with E-state index in [9.17, 15) is 5.11 Å². The van der Waals surface area contributed by atoms with Crippen LogP contribution in [-0.4, -0.2) is 35.0 Å². The van der Waals surface area contributed by atoms with Gasteiger partial charge in [-0.25, -0.2) is 0 Å². The number of fused-ring (bicyclic) bond motifs is 1. The summed E-state index contributed by atoms with van der Waals surface area (Å²) in [5, 5.41) is 10.2. The molecule has 15 heavy (non-hydrogen) atoms. The molecule has 0 aromatic carbocycles. The maximum Gasteiger partial charge on any atom is 0.190 e. The van der Waals surface area contributed by atoms with Gasteiger partial charge in [0.25, 0.3) is 0 Å². The minimum atomic E-state index is -0.649. The summed E-state index contributed by atoms with van der Waals surface area (Å²) in [5.74, 6) is -0.649. The van der Waals surface area contributed by atoms with Gasteiger partial charge in [0.15, 0.2) is 12.1 Å². The van der Waals surface area contributed by atoms with Crippen molar-refractivity contribution in [2.24, 2.45) is 0 Å². The largest absolute Gasteiger partial charge is 0.387 e. The van der Waals surface area contributed by atoms with E-state index in [2.05, 4.69) is 0 Å². The molecule has 0 aromatic rings. The van der Waals surface area contributed by atoms with Gasteiger partial charge < -0.3 is 19.3 Å². The lowest BCUT2D eigenvalue weighted by Crippen LogP contribution is -2.44. The van der Waals surface area contributed by atoms with Gasteiger partial charge in [0.1, 0.15) is 12.2 Å². The number of rotatable bonds is 2. The van der Waals surface area contributed by atoms with E-state index in [1.807, 2.05) is 27.7 Å². The third kappa shape index (κ3) is 1.60. The highest BCUT2D eigenvalue weighted by molar-refractivity contribution is 5.01. The van der Waals surface area contributed by atoms with E-state index in [0.29, 0.717) is 0 Å². The van der Waals surface area contributed by atoms with Crippen molar-refractivity contribution < 1.29 is 19.3 Å². The van der Waals surface area contributed by atoms with Gasteiger partial charge in [-0.05, 0) is 26.7 Å². The predicted octanol–water partition coefficient (Wildman–Crippen LogP) is 1.41. The molecule has 4 heteroatoms. The smallest absolute Gasteiger partial charge is 0.190 e. The first-order valence-corrected chi connectivity index (χ1v) is 5.65. The molecule has 2 aliphatic heterocycles. The monoisotopic (exact) mass is 216 g/mol. The lowest BCUT2D eigenvalue weighted by atomic mass is 9.90. The molecule has 2 fully saturated rings. The zero-order valence-electron chi connectivity index (χ0n) is 9.82. The summed E-state index contributed by atoms with van der Waals surface area (Å²) < 4.78 is 17.1. The summed E-state index contributed by atoms with van der Waals surface area (Å²) in [6.07, 6.45) is 0.171. The van der Waals surface area contributed by atoms with Crippen LogP contribution in [-0.2, 0) is 14.2 Å². The fourth-order valence-corrected chi connectivity index (χ4v) is 2.50. The molecular formula is C11H20O4. The zero-order valence-corrected chi connectivity index (χ0v) is 9.82. The second-order valence-corrected chi connectivity index (χ2v) is 4.80. The first-order chi connectivity index (χ1) is 6.94. The molecule has 0 saturated carbocycles. The molecule has 0 amide bonds. The van der Waals surface area contributed by atoms with Crippen molar-refractivity contribution in [3.8, 4) is 0 Å². The highest BCUT2D eigenvalue weighted by Gasteiger charge is 2.59. The van der Waals surface area contributed by atoms with Gasteiger partial charge in [-0.3, -0.25) is 0 Å². The fourth-order valence-electron chi connectivity index (χ4n) is 2.50.